The number of furan rings is 1. The molecular weight excluding hydrogens is 432 g/mol. The van der Waals surface area contributed by atoms with Crippen molar-refractivity contribution >= 4 is 49.8 Å². The predicted octanol–water partition coefficient (Wildman–Crippen LogP) is 5.68. The Labute approximate surface area is 175 Å². The van der Waals surface area contributed by atoms with Crippen molar-refractivity contribution in [3.63, 3.8) is 0 Å². The van der Waals surface area contributed by atoms with E-state index < -0.39 is 5.91 Å². The Kier molecular flexibility index (Phi) is 5.44. The number of benzene rings is 3. The Morgan fingerprint density at radius 2 is 2.00 bits per heavy atom. The van der Waals surface area contributed by atoms with Crippen molar-refractivity contribution in [3.05, 3.63) is 89.1 Å². The molecule has 0 aliphatic carbocycles. The molecule has 0 fully saturated rings. The molecule has 0 atom stereocenters. The van der Waals surface area contributed by atoms with Gasteiger partial charge in [0.05, 0.1) is 10.7 Å². The van der Waals surface area contributed by atoms with Gasteiger partial charge in [-0.2, -0.15) is 5.10 Å². The van der Waals surface area contributed by atoms with E-state index in [2.05, 4.69) is 33.0 Å². The van der Waals surface area contributed by atoms with Gasteiger partial charge in [-0.1, -0.05) is 43.0 Å². The van der Waals surface area contributed by atoms with Crippen LogP contribution in [-0.4, -0.2) is 18.7 Å². The third-order valence-electron chi connectivity index (χ3n) is 4.34. The summed E-state index contributed by atoms with van der Waals surface area (Å²) in [5.74, 6) is 0.509. The summed E-state index contributed by atoms with van der Waals surface area (Å²) in [4.78, 5) is 12.4. The van der Waals surface area contributed by atoms with Gasteiger partial charge in [-0.3, -0.25) is 4.79 Å². The maximum atomic E-state index is 12.4. The Morgan fingerprint density at radius 1 is 1.14 bits per heavy atom. The SMILES string of the molecule is C=CCOc1ccc(/C=N\NC(=O)c2cc3c(ccc4ccccc43)o2)cc1Br. The minimum Gasteiger partial charge on any atom is -0.488 e. The molecule has 4 rings (SSSR count). The first-order valence-corrected chi connectivity index (χ1v) is 9.73. The van der Waals surface area contributed by atoms with Crippen LogP contribution in [0, 0.1) is 0 Å². The van der Waals surface area contributed by atoms with Crippen molar-refractivity contribution in [3.8, 4) is 5.75 Å². The lowest BCUT2D eigenvalue weighted by atomic mass is 10.1. The van der Waals surface area contributed by atoms with Crippen molar-refractivity contribution in [2.75, 3.05) is 6.61 Å². The number of hydrogen-bond acceptors (Lipinski definition) is 4. The lowest BCUT2D eigenvalue weighted by molar-refractivity contribution is 0.0929. The fraction of sp³-hybridized carbons (Fsp3) is 0.0435. The standard InChI is InChI=1S/C23H17BrN2O3/c1-2-11-28-21-9-7-15(12-19(21)24)14-25-26-23(27)22-13-18-17-6-4-3-5-16(17)8-10-20(18)29-22/h2-10,12-14H,1,11H2,(H,26,27)/b25-14-. The van der Waals surface area contributed by atoms with Gasteiger partial charge < -0.3 is 9.15 Å². The van der Waals surface area contributed by atoms with Crippen molar-refractivity contribution in [2.45, 2.75) is 0 Å². The second-order valence-electron chi connectivity index (χ2n) is 6.30. The number of hydrogen-bond donors (Lipinski definition) is 1. The minimum atomic E-state index is -0.411. The van der Waals surface area contributed by atoms with Gasteiger partial charge in [0, 0.05) is 5.39 Å². The van der Waals surface area contributed by atoms with Crippen LogP contribution in [0.4, 0.5) is 0 Å². The van der Waals surface area contributed by atoms with Gasteiger partial charge in [0.2, 0.25) is 0 Å². The first-order chi connectivity index (χ1) is 14.2. The summed E-state index contributed by atoms with van der Waals surface area (Å²) in [5.41, 5.74) is 3.97. The average molecular weight is 449 g/mol. The maximum Gasteiger partial charge on any atom is 0.307 e. The molecule has 0 aliphatic heterocycles. The molecule has 0 saturated heterocycles. The Balaban J connectivity index is 1.49. The molecule has 0 bridgehead atoms. The molecular formula is C23H17BrN2O3. The van der Waals surface area contributed by atoms with Crippen LogP contribution in [0.2, 0.25) is 0 Å². The summed E-state index contributed by atoms with van der Waals surface area (Å²) >= 11 is 3.45. The predicted molar refractivity (Wildman–Crippen MR) is 119 cm³/mol. The highest BCUT2D eigenvalue weighted by Crippen LogP contribution is 2.28. The summed E-state index contributed by atoms with van der Waals surface area (Å²) in [6, 6.07) is 19.1. The number of carbonyl (C=O) groups excluding carboxylic acids is 1. The number of rotatable bonds is 6. The third-order valence-corrected chi connectivity index (χ3v) is 4.96. The van der Waals surface area contributed by atoms with E-state index in [9.17, 15) is 4.79 Å². The number of amides is 1. The zero-order chi connectivity index (χ0) is 20.2. The number of nitrogens with zero attached hydrogens (tertiary/aromatic N) is 1. The molecule has 29 heavy (non-hydrogen) atoms. The highest BCUT2D eigenvalue weighted by Gasteiger charge is 2.13. The average Bonchev–Trinajstić information content (AvgIpc) is 3.18. The number of nitrogens with one attached hydrogen (secondary N) is 1. The van der Waals surface area contributed by atoms with E-state index in [1.54, 1.807) is 18.4 Å². The second kappa shape index (κ2) is 8.32. The van der Waals surface area contributed by atoms with Crippen LogP contribution in [-0.2, 0) is 0 Å². The number of carbonyl (C=O) groups is 1. The highest BCUT2D eigenvalue weighted by molar-refractivity contribution is 9.10. The van der Waals surface area contributed by atoms with Gasteiger partial charge >= 0.3 is 5.91 Å². The van der Waals surface area contributed by atoms with E-state index in [0.717, 1.165) is 26.2 Å². The maximum absolute atomic E-state index is 12.4. The van der Waals surface area contributed by atoms with Crippen LogP contribution in [0.1, 0.15) is 16.1 Å². The third kappa shape index (κ3) is 4.07. The Hall–Kier alpha value is -3.38. The molecule has 5 nitrogen and oxygen atoms in total. The van der Waals surface area contributed by atoms with Crippen LogP contribution in [0.25, 0.3) is 21.7 Å². The number of halogens is 1. The topological polar surface area (TPSA) is 63.8 Å². The molecule has 0 radical (unpaired) electrons. The van der Waals surface area contributed by atoms with Gasteiger partial charge in [0.25, 0.3) is 0 Å². The van der Waals surface area contributed by atoms with Crippen molar-refractivity contribution < 1.29 is 13.9 Å². The van der Waals surface area contributed by atoms with Crippen LogP contribution in [0.5, 0.6) is 5.75 Å². The van der Waals surface area contributed by atoms with Crippen molar-refractivity contribution in [2.24, 2.45) is 5.10 Å². The monoisotopic (exact) mass is 448 g/mol. The van der Waals surface area contributed by atoms with E-state index in [4.69, 9.17) is 9.15 Å². The van der Waals surface area contributed by atoms with Crippen LogP contribution in [0.3, 0.4) is 0 Å². The summed E-state index contributed by atoms with van der Waals surface area (Å²) in [7, 11) is 0. The van der Waals surface area contributed by atoms with Crippen LogP contribution < -0.4 is 10.2 Å². The summed E-state index contributed by atoms with van der Waals surface area (Å²) < 4.78 is 12.0. The molecule has 1 heterocycles. The lowest BCUT2D eigenvalue weighted by Crippen LogP contribution is -2.16. The van der Waals surface area contributed by atoms with E-state index in [1.165, 1.54) is 0 Å². The zero-order valence-electron chi connectivity index (χ0n) is 15.4. The smallest absolute Gasteiger partial charge is 0.307 e. The summed E-state index contributed by atoms with van der Waals surface area (Å²) in [6.07, 6.45) is 3.23. The molecule has 0 unspecified atom stereocenters. The van der Waals surface area contributed by atoms with E-state index in [1.807, 2.05) is 54.6 Å². The van der Waals surface area contributed by atoms with Crippen molar-refractivity contribution in [1.82, 2.24) is 5.43 Å². The van der Waals surface area contributed by atoms with Crippen LogP contribution in [0.15, 0.2) is 87.3 Å². The normalized spacial score (nSPS) is 11.2. The summed E-state index contributed by atoms with van der Waals surface area (Å²) in [5, 5.41) is 7.06. The van der Waals surface area contributed by atoms with Crippen molar-refractivity contribution in [1.29, 1.82) is 0 Å². The Morgan fingerprint density at radius 3 is 2.83 bits per heavy atom. The molecule has 1 N–H and O–H groups in total. The van der Waals surface area contributed by atoms with Gasteiger partial charge in [0.1, 0.15) is 17.9 Å². The summed E-state index contributed by atoms with van der Waals surface area (Å²) in [6.45, 7) is 4.05. The van der Waals surface area contributed by atoms with Gasteiger partial charge in [-0.05, 0) is 62.6 Å². The minimum absolute atomic E-state index is 0.211. The second-order valence-corrected chi connectivity index (χ2v) is 7.15. The fourth-order valence-electron chi connectivity index (χ4n) is 2.99. The first-order valence-electron chi connectivity index (χ1n) is 8.93. The van der Waals surface area contributed by atoms with E-state index in [-0.39, 0.29) is 5.76 Å². The molecule has 0 aliphatic rings. The quantitative estimate of drug-likeness (QED) is 0.234. The first kappa shape index (κ1) is 19.0. The molecule has 3 aromatic carbocycles. The van der Waals surface area contributed by atoms with E-state index in [0.29, 0.717) is 17.9 Å². The lowest BCUT2D eigenvalue weighted by Gasteiger charge is -2.06. The van der Waals surface area contributed by atoms with Gasteiger partial charge in [-0.25, -0.2) is 5.43 Å². The molecule has 0 saturated carbocycles. The Bertz CT molecular complexity index is 1240. The number of fused-ring (bicyclic) bond motifs is 3. The van der Waals surface area contributed by atoms with Gasteiger partial charge in [-0.15, -0.1) is 0 Å². The highest BCUT2D eigenvalue weighted by atomic mass is 79.9. The molecule has 0 spiro atoms. The largest absolute Gasteiger partial charge is 0.488 e. The fourth-order valence-corrected chi connectivity index (χ4v) is 3.50. The molecule has 144 valence electrons. The van der Waals surface area contributed by atoms with Crippen LogP contribution >= 0.6 is 15.9 Å². The van der Waals surface area contributed by atoms with E-state index >= 15 is 0 Å². The van der Waals surface area contributed by atoms with Gasteiger partial charge in [0.15, 0.2) is 5.76 Å². The number of hydrazone groups is 1. The molecule has 1 aromatic heterocycles. The molecule has 1 amide bonds. The molecule has 4 aromatic rings. The number of ether oxygens (including phenoxy) is 1. The zero-order valence-corrected chi connectivity index (χ0v) is 17.0. The molecule has 6 heteroatoms.